The van der Waals surface area contributed by atoms with Crippen molar-refractivity contribution in [2.75, 3.05) is 11.9 Å². The highest BCUT2D eigenvalue weighted by molar-refractivity contribution is 5.97. The Morgan fingerprint density at radius 2 is 2.05 bits per heavy atom. The summed E-state index contributed by atoms with van der Waals surface area (Å²) in [6.07, 6.45) is -3.80. The van der Waals surface area contributed by atoms with Gasteiger partial charge in [-0.25, -0.2) is 4.98 Å². The van der Waals surface area contributed by atoms with Gasteiger partial charge >= 0.3 is 6.18 Å². The predicted octanol–water partition coefficient (Wildman–Crippen LogP) is 2.66. The lowest BCUT2D eigenvalue weighted by molar-refractivity contribution is -0.141. The van der Waals surface area contributed by atoms with Gasteiger partial charge in [0.15, 0.2) is 0 Å². The molecule has 0 unspecified atom stereocenters. The molecule has 1 aromatic heterocycles. The number of primary amides is 1. The Bertz CT molecular complexity index is 458. The molecule has 4 nitrogen and oxygen atoms in total. The molecule has 0 fully saturated rings. The minimum Gasteiger partial charge on any atom is -0.369 e. The lowest BCUT2D eigenvalue weighted by atomic mass is 10.1. The second-order valence-corrected chi connectivity index (χ2v) is 4.56. The molecule has 106 valence electrons. The molecule has 19 heavy (non-hydrogen) atoms. The first-order chi connectivity index (χ1) is 8.71. The van der Waals surface area contributed by atoms with E-state index in [-0.39, 0.29) is 11.4 Å². The molecule has 3 N–H and O–H groups in total. The Labute approximate surface area is 109 Å². The van der Waals surface area contributed by atoms with Crippen LogP contribution in [0.3, 0.4) is 0 Å². The Morgan fingerprint density at radius 3 is 2.53 bits per heavy atom. The third-order valence-corrected chi connectivity index (χ3v) is 2.47. The number of carbonyl (C=O) groups excluding carboxylic acids is 1. The van der Waals surface area contributed by atoms with E-state index >= 15 is 0 Å². The minimum absolute atomic E-state index is 0.0447. The number of aromatic nitrogens is 1. The summed E-state index contributed by atoms with van der Waals surface area (Å²) < 4.78 is 37.6. The summed E-state index contributed by atoms with van der Waals surface area (Å²) in [5.41, 5.74) is 4.01. The maximum absolute atomic E-state index is 12.5. The second-order valence-electron chi connectivity index (χ2n) is 4.56. The van der Waals surface area contributed by atoms with Crippen molar-refractivity contribution in [3.63, 3.8) is 0 Å². The summed E-state index contributed by atoms with van der Waals surface area (Å²) in [6, 6.07) is 1.78. The molecule has 1 rings (SSSR count). The van der Waals surface area contributed by atoms with E-state index in [4.69, 9.17) is 5.73 Å². The number of carbonyl (C=O) groups is 1. The van der Waals surface area contributed by atoms with Crippen LogP contribution in [0.15, 0.2) is 12.1 Å². The second kappa shape index (κ2) is 5.90. The minimum atomic E-state index is -4.55. The lowest BCUT2D eigenvalue weighted by Crippen LogP contribution is -2.19. The standard InChI is InChI=1S/C12H16F3N3O/c1-7(2)5-6-17-11-8(10(16)19)3-4-9(18-11)12(13,14)15/h3-4,7H,5-6H2,1-2H3,(H2,16,19)(H,17,18). The summed E-state index contributed by atoms with van der Waals surface area (Å²) >= 11 is 0. The van der Waals surface area contributed by atoms with Gasteiger partial charge in [0.25, 0.3) is 5.91 Å². The molecule has 0 atom stereocenters. The van der Waals surface area contributed by atoms with E-state index < -0.39 is 17.8 Å². The zero-order chi connectivity index (χ0) is 14.6. The smallest absolute Gasteiger partial charge is 0.369 e. The Morgan fingerprint density at radius 1 is 1.42 bits per heavy atom. The first kappa shape index (κ1) is 15.3. The number of nitrogens with one attached hydrogen (secondary N) is 1. The average molecular weight is 275 g/mol. The van der Waals surface area contributed by atoms with Crippen molar-refractivity contribution >= 4 is 11.7 Å². The quantitative estimate of drug-likeness (QED) is 0.868. The first-order valence-corrected chi connectivity index (χ1v) is 5.83. The number of rotatable bonds is 5. The van der Waals surface area contributed by atoms with Gasteiger partial charge in [-0.2, -0.15) is 13.2 Å². The van der Waals surface area contributed by atoms with Crippen molar-refractivity contribution in [2.45, 2.75) is 26.4 Å². The van der Waals surface area contributed by atoms with E-state index in [1.54, 1.807) is 0 Å². The van der Waals surface area contributed by atoms with Crippen molar-refractivity contribution in [3.05, 3.63) is 23.4 Å². The molecule has 0 aliphatic carbocycles. The first-order valence-electron chi connectivity index (χ1n) is 5.83. The summed E-state index contributed by atoms with van der Waals surface area (Å²) in [6.45, 7) is 4.39. The van der Waals surface area contributed by atoms with Crippen LogP contribution in [0.4, 0.5) is 19.0 Å². The third kappa shape index (κ3) is 4.42. The number of nitrogens with two attached hydrogens (primary N) is 1. The molecule has 0 aliphatic rings. The molecule has 1 aromatic rings. The maximum atomic E-state index is 12.5. The van der Waals surface area contributed by atoms with Gasteiger partial charge in [0.05, 0.1) is 5.56 Å². The Balaban J connectivity index is 2.99. The number of nitrogens with zero attached hydrogens (tertiary/aromatic N) is 1. The van der Waals surface area contributed by atoms with Gasteiger partial charge in [0.1, 0.15) is 11.5 Å². The molecule has 0 saturated heterocycles. The topological polar surface area (TPSA) is 68.0 Å². The van der Waals surface area contributed by atoms with Crippen LogP contribution in [-0.2, 0) is 6.18 Å². The molecular weight excluding hydrogens is 259 g/mol. The highest BCUT2D eigenvalue weighted by Gasteiger charge is 2.33. The Hall–Kier alpha value is -1.79. The van der Waals surface area contributed by atoms with E-state index in [1.807, 2.05) is 13.8 Å². The number of halogens is 3. The van der Waals surface area contributed by atoms with Gasteiger partial charge in [-0.3, -0.25) is 4.79 Å². The van der Waals surface area contributed by atoms with Crippen LogP contribution in [0, 0.1) is 5.92 Å². The third-order valence-electron chi connectivity index (χ3n) is 2.47. The monoisotopic (exact) mass is 275 g/mol. The van der Waals surface area contributed by atoms with E-state index in [0.717, 1.165) is 18.6 Å². The summed E-state index contributed by atoms with van der Waals surface area (Å²) in [4.78, 5) is 14.6. The van der Waals surface area contributed by atoms with Gasteiger partial charge in [-0.15, -0.1) is 0 Å². The molecule has 0 aromatic carbocycles. The molecule has 1 amide bonds. The van der Waals surface area contributed by atoms with Crippen molar-refractivity contribution in [1.82, 2.24) is 4.98 Å². The van der Waals surface area contributed by atoms with Crippen LogP contribution >= 0.6 is 0 Å². The largest absolute Gasteiger partial charge is 0.433 e. The number of anilines is 1. The van der Waals surface area contributed by atoms with Crippen LogP contribution in [0.1, 0.15) is 36.3 Å². The van der Waals surface area contributed by atoms with Crippen LogP contribution in [-0.4, -0.2) is 17.4 Å². The number of amides is 1. The normalized spacial score (nSPS) is 11.7. The SMILES string of the molecule is CC(C)CCNc1nc(C(F)(F)F)ccc1C(N)=O. The summed E-state index contributed by atoms with van der Waals surface area (Å²) in [5, 5.41) is 2.73. The van der Waals surface area contributed by atoms with E-state index in [0.29, 0.717) is 12.5 Å². The highest BCUT2D eigenvalue weighted by atomic mass is 19.4. The molecule has 0 aliphatic heterocycles. The van der Waals surface area contributed by atoms with Gasteiger partial charge in [-0.1, -0.05) is 13.8 Å². The van der Waals surface area contributed by atoms with Crippen molar-refractivity contribution in [3.8, 4) is 0 Å². The van der Waals surface area contributed by atoms with Crippen molar-refractivity contribution < 1.29 is 18.0 Å². The van der Waals surface area contributed by atoms with Crippen LogP contribution < -0.4 is 11.1 Å². The number of hydrogen-bond acceptors (Lipinski definition) is 3. The van der Waals surface area contributed by atoms with E-state index in [2.05, 4.69) is 10.3 Å². The van der Waals surface area contributed by atoms with Crippen molar-refractivity contribution in [1.29, 1.82) is 0 Å². The van der Waals surface area contributed by atoms with Crippen molar-refractivity contribution in [2.24, 2.45) is 11.7 Å². The van der Waals surface area contributed by atoms with Crippen LogP contribution in [0.5, 0.6) is 0 Å². The van der Waals surface area contributed by atoms with E-state index in [9.17, 15) is 18.0 Å². The van der Waals surface area contributed by atoms with Crippen LogP contribution in [0.25, 0.3) is 0 Å². The molecule has 1 heterocycles. The molecule has 0 saturated carbocycles. The predicted molar refractivity (Wildman–Crippen MR) is 65.7 cm³/mol. The fourth-order valence-corrected chi connectivity index (χ4v) is 1.43. The highest BCUT2D eigenvalue weighted by Crippen LogP contribution is 2.29. The number of alkyl halides is 3. The van der Waals surface area contributed by atoms with Gasteiger partial charge in [0, 0.05) is 6.54 Å². The molecule has 0 bridgehead atoms. The maximum Gasteiger partial charge on any atom is 0.433 e. The van der Waals surface area contributed by atoms with Gasteiger partial charge in [-0.05, 0) is 24.5 Å². The summed E-state index contributed by atoms with van der Waals surface area (Å²) in [5.74, 6) is -0.549. The molecular formula is C12H16F3N3O. The molecule has 0 spiro atoms. The van der Waals surface area contributed by atoms with Gasteiger partial charge < -0.3 is 11.1 Å². The fraction of sp³-hybridized carbons (Fsp3) is 0.500. The molecule has 0 radical (unpaired) electrons. The zero-order valence-electron chi connectivity index (χ0n) is 10.7. The lowest BCUT2D eigenvalue weighted by Gasteiger charge is -2.13. The zero-order valence-corrected chi connectivity index (χ0v) is 10.7. The number of pyridine rings is 1. The summed E-state index contributed by atoms with van der Waals surface area (Å²) in [7, 11) is 0. The average Bonchev–Trinajstić information content (AvgIpc) is 2.26. The Kier molecular flexibility index (Phi) is 4.74. The van der Waals surface area contributed by atoms with Crippen LogP contribution in [0.2, 0.25) is 0 Å². The van der Waals surface area contributed by atoms with Gasteiger partial charge in [0.2, 0.25) is 0 Å². The molecule has 7 heteroatoms. The van der Waals surface area contributed by atoms with E-state index in [1.165, 1.54) is 0 Å². The number of hydrogen-bond donors (Lipinski definition) is 2. The fourth-order valence-electron chi connectivity index (χ4n) is 1.43.